The number of hydrogen-bond donors (Lipinski definition) is 2. The van der Waals surface area contributed by atoms with Crippen LogP contribution in [-0.4, -0.2) is 17.6 Å². The predicted octanol–water partition coefficient (Wildman–Crippen LogP) is 6.88. The minimum Gasteiger partial charge on any atom is -0.308 e. The standard InChI is InChI=1S/C28H22N2O2S/c31-27(20-10-15-26-21(17-20)16-19-6-4-5-9-25(19)26)18-33-24-13-11-23(12-14-24)30-28(32)29-22-7-2-1-3-8-22/h1-15,17H,16,18H2,(H2,29,30,32). The Morgan fingerprint density at radius 2 is 1.36 bits per heavy atom. The van der Waals surface area contributed by atoms with Crippen LogP contribution in [0.25, 0.3) is 11.1 Å². The second kappa shape index (κ2) is 9.35. The summed E-state index contributed by atoms with van der Waals surface area (Å²) in [6.07, 6.45) is 0.881. The Hall–Kier alpha value is -3.83. The molecule has 0 aromatic heterocycles. The Bertz CT molecular complexity index is 1320. The van der Waals surface area contributed by atoms with Gasteiger partial charge in [-0.05, 0) is 71.1 Å². The van der Waals surface area contributed by atoms with Gasteiger partial charge in [0.2, 0.25) is 0 Å². The van der Waals surface area contributed by atoms with Crippen molar-refractivity contribution in [2.75, 3.05) is 16.4 Å². The molecule has 33 heavy (non-hydrogen) atoms. The molecule has 0 radical (unpaired) electrons. The van der Waals surface area contributed by atoms with Crippen LogP contribution in [0.4, 0.5) is 16.2 Å². The Labute approximate surface area is 197 Å². The molecule has 0 atom stereocenters. The lowest BCUT2D eigenvalue weighted by Crippen LogP contribution is -2.19. The molecule has 2 amide bonds. The van der Waals surface area contributed by atoms with Gasteiger partial charge in [0.05, 0.1) is 5.75 Å². The third kappa shape index (κ3) is 4.83. The zero-order valence-electron chi connectivity index (χ0n) is 17.9. The summed E-state index contributed by atoms with van der Waals surface area (Å²) in [5, 5.41) is 5.60. The number of hydrogen-bond acceptors (Lipinski definition) is 3. The van der Waals surface area contributed by atoms with Crippen molar-refractivity contribution >= 4 is 35.0 Å². The summed E-state index contributed by atoms with van der Waals surface area (Å²) in [7, 11) is 0. The van der Waals surface area contributed by atoms with E-state index in [9.17, 15) is 9.59 Å². The Morgan fingerprint density at radius 1 is 0.697 bits per heavy atom. The van der Waals surface area contributed by atoms with E-state index in [4.69, 9.17) is 0 Å². The van der Waals surface area contributed by atoms with Gasteiger partial charge in [0, 0.05) is 21.8 Å². The minimum absolute atomic E-state index is 0.114. The lowest BCUT2D eigenvalue weighted by Gasteiger charge is -2.08. The normalized spacial score (nSPS) is 11.4. The largest absolute Gasteiger partial charge is 0.323 e. The molecule has 0 heterocycles. The fraction of sp³-hybridized carbons (Fsp3) is 0.0714. The number of benzene rings is 4. The van der Waals surface area contributed by atoms with Gasteiger partial charge in [-0.25, -0.2) is 4.79 Å². The van der Waals surface area contributed by atoms with Gasteiger partial charge in [0.1, 0.15) is 0 Å². The fourth-order valence-electron chi connectivity index (χ4n) is 4.00. The van der Waals surface area contributed by atoms with Gasteiger partial charge in [-0.15, -0.1) is 11.8 Å². The molecule has 1 aliphatic carbocycles. The zero-order chi connectivity index (χ0) is 22.6. The molecule has 0 saturated carbocycles. The predicted molar refractivity (Wildman–Crippen MR) is 135 cm³/mol. The van der Waals surface area contributed by atoms with Gasteiger partial charge in [-0.1, -0.05) is 54.6 Å². The minimum atomic E-state index is -0.296. The SMILES string of the molecule is O=C(Nc1ccccc1)Nc1ccc(SCC(=O)c2ccc3c(c2)Cc2ccccc2-3)cc1. The first kappa shape index (κ1) is 21.0. The van der Waals surface area contributed by atoms with Crippen LogP contribution in [0, 0.1) is 0 Å². The lowest BCUT2D eigenvalue weighted by molar-refractivity contribution is 0.102. The van der Waals surface area contributed by atoms with Crippen molar-refractivity contribution in [3.63, 3.8) is 0 Å². The van der Waals surface area contributed by atoms with Gasteiger partial charge < -0.3 is 10.6 Å². The first-order valence-electron chi connectivity index (χ1n) is 10.8. The number of anilines is 2. The molecule has 0 saturated heterocycles. The second-order valence-corrected chi connectivity index (χ2v) is 8.94. The number of Topliss-reactive ketones (excluding diaryl/α,β-unsaturated/α-hetero) is 1. The highest BCUT2D eigenvalue weighted by Crippen LogP contribution is 2.37. The van der Waals surface area contributed by atoms with Gasteiger partial charge >= 0.3 is 6.03 Å². The van der Waals surface area contributed by atoms with E-state index in [1.165, 1.54) is 34.0 Å². The summed E-state index contributed by atoms with van der Waals surface area (Å²) in [4.78, 5) is 25.9. The monoisotopic (exact) mass is 450 g/mol. The van der Waals surface area contributed by atoms with Crippen LogP contribution in [0.5, 0.6) is 0 Å². The summed E-state index contributed by atoms with van der Waals surface area (Å²) in [5.74, 6) is 0.482. The van der Waals surface area contributed by atoms with Gasteiger partial charge in [-0.3, -0.25) is 4.79 Å². The van der Waals surface area contributed by atoms with Crippen molar-refractivity contribution in [1.82, 2.24) is 0 Å². The summed E-state index contributed by atoms with van der Waals surface area (Å²) in [6.45, 7) is 0. The molecule has 4 aromatic rings. The highest BCUT2D eigenvalue weighted by Gasteiger charge is 2.19. The van der Waals surface area contributed by atoms with Gasteiger partial charge in [0.15, 0.2) is 5.78 Å². The number of carbonyl (C=O) groups is 2. The Morgan fingerprint density at radius 3 is 2.15 bits per heavy atom. The number of urea groups is 1. The van der Waals surface area contributed by atoms with E-state index in [0.717, 1.165) is 22.6 Å². The number of thioether (sulfide) groups is 1. The average molecular weight is 451 g/mol. The molecule has 0 unspecified atom stereocenters. The molecule has 5 heteroatoms. The molecular formula is C28H22N2O2S. The molecule has 0 bridgehead atoms. The maximum Gasteiger partial charge on any atom is 0.323 e. The highest BCUT2D eigenvalue weighted by molar-refractivity contribution is 8.00. The smallest absolute Gasteiger partial charge is 0.308 e. The number of para-hydroxylation sites is 1. The quantitative estimate of drug-likeness (QED) is 0.219. The number of rotatable bonds is 6. The van der Waals surface area contributed by atoms with Crippen molar-refractivity contribution in [3.05, 3.63) is 114 Å². The number of nitrogens with one attached hydrogen (secondary N) is 2. The fourth-order valence-corrected chi connectivity index (χ4v) is 4.79. The van der Waals surface area contributed by atoms with Crippen molar-refractivity contribution in [2.45, 2.75) is 11.3 Å². The van der Waals surface area contributed by atoms with Crippen LogP contribution in [0.15, 0.2) is 102 Å². The van der Waals surface area contributed by atoms with Crippen LogP contribution >= 0.6 is 11.8 Å². The summed E-state index contributed by atoms with van der Waals surface area (Å²) < 4.78 is 0. The summed E-state index contributed by atoms with van der Waals surface area (Å²) in [5.41, 5.74) is 7.22. The molecule has 0 fully saturated rings. The van der Waals surface area contributed by atoms with Gasteiger partial charge in [-0.2, -0.15) is 0 Å². The van der Waals surface area contributed by atoms with Crippen LogP contribution in [0.1, 0.15) is 21.5 Å². The van der Waals surface area contributed by atoms with E-state index in [0.29, 0.717) is 11.4 Å². The molecule has 4 nitrogen and oxygen atoms in total. The van der Waals surface area contributed by atoms with E-state index in [-0.39, 0.29) is 11.8 Å². The zero-order valence-corrected chi connectivity index (χ0v) is 18.7. The third-order valence-electron chi connectivity index (χ3n) is 5.63. The third-order valence-corrected chi connectivity index (χ3v) is 6.64. The van der Waals surface area contributed by atoms with Crippen molar-refractivity contribution in [3.8, 4) is 11.1 Å². The van der Waals surface area contributed by atoms with Crippen molar-refractivity contribution in [2.24, 2.45) is 0 Å². The van der Waals surface area contributed by atoms with Crippen LogP contribution in [-0.2, 0) is 6.42 Å². The average Bonchev–Trinajstić information content (AvgIpc) is 3.22. The number of fused-ring (bicyclic) bond motifs is 3. The van der Waals surface area contributed by atoms with Crippen molar-refractivity contribution in [1.29, 1.82) is 0 Å². The highest BCUT2D eigenvalue weighted by atomic mass is 32.2. The topological polar surface area (TPSA) is 58.2 Å². The van der Waals surface area contributed by atoms with E-state index in [1.807, 2.05) is 66.7 Å². The maximum absolute atomic E-state index is 12.8. The number of ketones is 1. The summed E-state index contributed by atoms with van der Waals surface area (Å²) >= 11 is 1.50. The Kier molecular flexibility index (Phi) is 5.96. The first-order valence-corrected chi connectivity index (χ1v) is 11.7. The maximum atomic E-state index is 12.8. The van der Waals surface area contributed by atoms with Crippen molar-refractivity contribution < 1.29 is 9.59 Å². The van der Waals surface area contributed by atoms with Gasteiger partial charge in [0.25, 0.3) is 0 Å². The van der Waals surface area contributed by atoms with Crippen LogP contribution < -0.4 is 10.6 Å². The molecule has 2 N–H and O–H groups in total. The molecule has 0 spiro atoms. The van der Waals surface area contributed by atoms with E-state index in [1.54, 1.807) is 0 Å². The molecule has 4 aromatic carbocycles. The molecule has 1 aliphatic rings. The molecule has 5 rings (SSSR count). The molecule has 0 aliphatic heterocycles. The number of amides is 2. The Balaban J connectivity index is 1.16. The van der Waals surface area contributed by atoms with E-state index in [2.05, 4.69) is 41.0 Å². The summed E-state index contributed by atoms with van der Waals surface area (Å²) in [6, 6.07) is 30.9. The van der Waals surface area contributed by atoms with Crippen LogP contribution in [0.3, 0.4) is 0 Å². The van der Waals surface area contributed by atoms with E-state index < -0.39 is 0 Å². The number of carbonyl (C=O) groups excluding carboxylic acids is 2. The molecular weight excluding hydrogens is 428 g/mol. The lowest BCUT2D eigenvalue weighted by atomic mass is 10.0. The second-order valence-electron chi connectivity index (χ2n) is 7.89. The molecule has 162 valence electrons. The van der Waals surface area contributed by atoms with E-state index >= 15 is 0 Å². The first-order chi connectivity index (χ1) is 16.2. The van der Waals surface area contributed by atoms with Crippen LogP contribution in [0.2, 0.25) is 0 Å².